The Kier molecular flexibility index (Phi) is 13.1. The van der Waals surface area contributed by atoms with Crippen LogP contribution in [0.25, 0.3) is 0 Å². The molecular weight excluding hydrogens is 376 g/mol. The van der Waals surface area contributed by atoms with Crippen LogP contribution in [0, 0.1) is 0 Å². The predicted octanol–water partition coefficient (Wildman–Crippen LogP) is 6.63. The van der Waals surface area contributed by atoms with Crippen molar-refractivity contribution in [2.75, 3.05) is 38.2 Å². The highest BCUT2D eigenvalue weighted by molar-refractivity contribution is 5.86. The van der Waals surface area contributed by atoms with Crippen LogP contribution in [0.15, 0.2) is 24.3 Å². The van der Waals surface area contributed by atoms with Crippen LogP contribution in [0.3, 0.4) is 0 Å². The van der Waals surface area contributed by atoms with Gasteiger partial charge in [-0.1, -0.05) is 76.8 Å². The number of rotatable bonds is 14. The molecule has 30 heavy (non-hydrogen) atoms. The van der Waals surface area contributed by atoms with E-state index >= 15 is 0 Å². The number of hydrogen-bond donors (Lipinski definition) is 1. The lowest BCUT2D eigenvalue weighted by atomic mass is 10.1. The van der Waals surface area contributed by atoms with Gasteiger partial charge < -0.3 is 9.47 Å². The lowest BCUT2D eigenvalue weighted by molar-refractivity contribution is 0.140. The maximum absolute atomic E-state index is 12.2. The molecule has 1 aromatic rings. The van der Waals surface area contributed by atoms with Gasteiger partial charge >= 0.3 is 6.09 Å². The Labute approximate surface area is 183 Å². The fraction of sp³-hybridized carbons (Fsp3) is 0.720. The number of carbonyl (C=O) groups is 1. The van der Waals surface area contributed by atoms with Crippen LogP contribution in [0.2, 0.25) is 0 Å². The normalized spacial score (nSPS) is 14.8. The van der Waals surface area contributed by atoms with Gasteiger partial charge in [0.2, 0.25) is 0 Å². The van der Waals surface area contributed by atoms with Crippen LogP contribution in [0.4, 0.5) is 10.5 Å². The smallest absolute Gasteiger partial charge is 0.411 e. The quantitative estimate of drug-likeness (QED) is 0.344. The fourth-order valence-corrected chi connectivity index (χ4v) is 3.89. The molecule has 1 aromatic carbocycles. The molecule has 1 fully saturated rings. The van der Waals surface area contributed by atoms with Crippen LogP contribution in [-0.2, 0) is 4.74 Å². The SMILES string of the molecule is CCCCCCCCCCOc1ccccc1NC(=O)OCCN1CCCCCC1. The largest absolute Gasteiger partial charge is 0.491 e. The molecule has 1 aliphatic heterocycles. The molecule has 0 atom stereocenters. The number of unbranched alkanes of at least 4 members (excludes halogenated alkanes) is 7. The van der Waals surface area contributed by atoms with E-state index in [4.69, 9.17) is 9.47 Å². The van der Waals surface area contributed by atoms with E-state index < -0.39 is 6.09 Å². The minimum Gasteiger partial charge on any atom is -0.491 e. The Morgan fingerprint density at radius 3 is 2.30 bits per heavy atom. The zero-order valence-corrected chi connectivity index (χ0v) is 19.0. The van der Waals surface area contributed by atoms with Gasteiger partial charge in [-0.2, -0.15) is 0 Å². The van der Waals surface area contributed by atoms with E-state index in [2.05, 4.69) is 17.1 Å². The first-order valence-corrected chi connectivity index (χ1v) is 12.2. The van der Waals surface area contributed by atoms with Crippen LogP contribution < -0.4 is 10.1 Å². The second kappa shape index (κ2) is 16.0. The third kappa shape index (κ3) is 10.9. The molecule has 0 unspecified atom stereocenters. The van der Waals surface area contributed by atoms with Crippen molar-refractivity contribution in [3.05, 3.63) is 24.3 Å². The molecule has 0 aliphatic carbocycles. The second-order valence-electron chi connectivity index (χ2n) is 8.34. The molecule has 1 saturated heterocycles. The monoisotopic (exact) mass is 418 g/mol. The summed E-state index contributed by atoms with van der Waals surface area (Å²) in [7, 11) is 0. The Hall–Kier alpha value is -1.75. The highest BCUT2D eigenvalue weighted by Crippen LogP contribution is 2.24. The average molecular weight is 419 g/mol. The number of anilines is 1. The van der Waals surface area contributed by atoms with Gasteiger partial charge in [0.05, 0.1) is 12.3 Å². The molecule has 1 amide bonds. The van der Waals surface area contributed by atoms with E-state index in [0.29, 0.717) is 24.7 Å². The summed E-state index contributed by atoms with van der Waals surface area (Å²) < 4.78 is 11.3. The van der Waals surface area contributed by atoms with Crippen LogP contribution in [0.5, 0.6) is 5.75 Å². The van der Waals surface area contributed by atoms with Crippen LogP contribution in [0.1, 0.15) is 84.0 Å². The topological polar surface area (TPSA) is 50.8 Å². The van der Waals surface area contributed by atoms with Crippen LogP contribution >= 0.6 is 0 Å². The van der Waals surface area contributed by atoms with Gasteiger partial charge in [-0.3, -0.25) is 10.2 Å². The Morgan fingerprint density at radius 2 is 1.57 bits per heavy atom. The van der Waals surface area contributed by atoms with Gasteiger partial charge in [0, 0.05) is 6.54 Å². The van der Waals surface area contributed by atoms with Gasteiger partial charge in [-0.25, -0.2) is 4.79 Å². The number of benzene rings is 1. The van der Waals surface area contributed by atoms with E-state index in [1.54, 1.807) is 0 Å². The Balaban J connectivity index is 1.60. The Morgan fingerprint density at radius 1 is 0.900 bits per heavy atom. The first kappa shape index (κ1) is 24.5. The lowest BCUT2D eigenvalue weighted by Crippen LogP contribution is -2.30. The van der Waals surface area contributed by atoms with Crippen molar-refractivity contribution in [3.8, 4) is 5.75 Å². The number of carbonyl (C=O) groups excluding carboxylic acids is 1. The van der Waals surface area contributed by atoms with Crippen molar-refractivity contribution in [1.82, 2.24) is 4.90 Å². The van der Waals surface area contributed by atoms with E-state index in [1.165, 1.54) is 70.6 Å². The maximum atomic E-state index is 12.2. The van der Waals surface area contributed by atoms with Gasteiger partial charge in [0.15, 0.2) is 0 Å². The molecule has 5 nitrogen and oxygen atoms in total. The summed E-state index contributed by atoms with van der Waals surface area (Å²) in [5.41, 5.74) is 0.678. The third-order valence-electron chi connectivity index (χ3n) is 5.72. The predicted molar refractivity (Wildman–Crippen MR) is 124 cm³/mol. The van der Waals surface area contributed by atoms with Crippen molar-refractivity contribution in [2.45, 2.75) is 84.0 Å². The molecule has 170 valence electrons. The molecule has 0 radical (unpaired) electrons. The lowest BCUT2D eigenvalue weighted by Gasteiger charge is -2.19. The van der Waals surface area contributed by atoms with Crippen molar-refractivity contribution in [3.63, 3.8) is 0 Å². The average Bonchev–Trinajstić information content (AvgIpc) is 3.02. The summed E-state index contributed by atoms with van der Waals surface area (Å²) in [4.78, 5) is 14.6. The van der Waals surface area contributed by atoms with Gasteiger partial charge in [0.1, 0.15) is 12.4 Å². The van der Waals surface area contributed by atoms with Crippen molar-refractivity contribution in [1.29, 1.82) is 0 Å². The third-order valence-corrected chi connectivity index (χ3v) is 5.72. The second-order valence-corrected chi connectivity index (χ2v) is 8.34. The molecule has 5 heteroatoms. The number of nitrogens with one attached hydrogen (secondary N) is 1. The molecular formula is C25H42N2O3. The number of para-hydroxylation sites is 2. The first-order valence-electron chi connectivity index (χ1n) is 12.2. The molecule has 0 spiro atoms. The van der Waals surface area contributed by atoms with Crippen molar-refractivity contribution < 1.29 is 14.3 Å². The number of amides is 1. The van der Waals surface area contributed by atoms with Gasteiger partial charge in [-0.15, -0.1) is 0 Å². The van der Waals surface area contributed by atoms with Gasteiger partial charge in [-0.05, 0) is 44.5 Å². The molecule has 0 saturated carbocycles. The number of ether oxygens (including phenoxy) is 2. The van der Waals surface area contributed by atoms with Crippen molar-refractivity contribution >= 4 is 11.8 Å². The first-order chi connectivity index (χ1) is 14.8. The van der Waals surface area contributed by atoms with Crippen molar-refractivity contribution in [2.24, 2.45) is 0 Å². The van der Waals surface area contributed by atoms with Gasteiger partial charge in [0.25, 0.3) is 0 Å². The summed E-state index contributed by atoms with van der Waals surface area (Å²) in [5.74, 6) is 0.713. The fourth-order valence-electron chi connectivity index (χ4n) is 3.89. The molecule has 2 rings (SSSR count). The molecule has 1 N–H and O–H groups in total. The molecule has 0 aromatic heterocycles. The van der Waals surface area contributed by atoms with E-state index in [1.807, 2.05) is 24.3 Å². The summed E-state index contributed by atoms with van der Waals surface area (Å²) in [5, 5.41) is 2.84. The van der Waals surface area contributed by atoms with Crippen LogP contribution in [-0.4, -0.2) is 43.8 Å². The minimum atomic E-state index is -0.409. The summed E-state index contributed by atoms with van der Waals surface area (Å²) >= 11 is 0. The van der Waals surface area contributed by atoms with E-state index in [-0.39, 0.29) is 0 Å². The zero-order chi connectivity index (χ0) is 21.3. The highest BCUT2D eigenvalue weighted by atomic mass is 16.5. The number of nitrogens with zero attached hydrogens (tertiary/aromatic N) is 1. The zero-order valence-electron chi connectivity index (χ0n) is 19.0. The number of hydrogen-bond acceptors (Lipinski definition) is 4. The molecule has 0 bridgehead atoms. The summed E-state index contributed by atoms with van der Waals surface area (Å²) in [6.07, 6.45) is 14.9. The highest BCUT2D eigenvalue weighted by Gasteiger charge is 2.11. The van der Waals surface area contributed by atoms with E-state index in [0.717, 1.165) is 26.1 Å². The summed E-state index contributed by atoms with van der Waals surface area (Å²) in [6.45, 7) is 6.38. The molecule has 1 aliphatic rings. The Bertz CT molecular complexity index is 571. The van der Waals surface area contributed by atoms with E-state index in [9.17, 15) is 4.79 Å². The number of likely N-dealkylation sites (tertiary alicyclic amines) is 1. The molecule has 1 heterocycles. The minimum absolute atomic E-state index is 0.409. The summed E-state index contributed by atoms with van der Waals surface area (Å²) in [6, 6.07) is 7.59. The standard InChI is InChI=1S/C25H42N2O3/c1-2-3-4-5-6-7-10-15-21-29-24-17-12-11-16-23(24)26-25(28)30-22-20-27-18-13-8-9-14-19-27/h11-12,16-17H,2-10,13-15,18-22H2,1H3,(H,26,28). The maximum Gasteiger partial charge on any atom is 0.411 e.